The Morgan fingerprint density at radius 2 is 2.12 bits per heavy atom. The third kappa shape index (κ3) is 3.76. The van der Waals surface area contributed by atoms with Crippen LogP contribution in [0.4, 0.5) is 0 Å². The van der Waals surface area contributed by atoms with E-state index in [0.717, 1.165) is 31.5 Å². The first-order valence-corrected chi connectivity index (χ1v) is 9.29. The van der Waals surface area contributed by atoms with Crippen molar-refractivity contribution in [2.24, 2.45) is 17.6 Å². The number of amides is 1. The van der Waals surface area contributed by atoms with E-state index in [-0.39, 0.29) is 0 Å². The first kappa shape index (κ1) is 19.2. The SMILES string of the molecule is CCNCC1CCCC(C)C1(OCC)c1cc(Cl)cc(C(N)=O)c1. The van der Waals surface area contributed by atoms with E-state index < -0.39 is 11.5 Å². The predicted molar refractivity (Wildman–Crippen MR) is 98.3 cm³/mol. The summed E-state index contributed by atoms with van der Waals surface area (Å²) >= 11 is 6.30. The highest BCUT2D eigenvalue weighted by Gasteiger charge is 2.48. The van der Waals surface area contributed by atoms with Crippen molar-refractivity contribution >= 4 is 17.5 Å². The lowest BCUT2D eigenvalue weighted by molar-refractivity contribution is -0.143. The van der Waals surface area contributed by atoms with Gasteiger partial charge in [-0.05, 0) is 56.0 Å². The molecule has 1 aromatic rings. The van der Waals surface area contributed by atoms with E-state index in [4.69, 9.17) is 22.1 Å². The van der Waals surface area contributed by atoms with Crippen LogP contribution in [0, 0.1) is 11.8 Å². The Labute approximate surface area is 150 Å². The van der Waals surface area contributed by atoms with Gasteiger partial charge < -0.3 is 15.8 Å². The van der Waals surface area contributed by atoms with Crippen molar-refractivity contribution in [3.05, 3.63) is 34.3 Å². The number of primary amides is 1. The van der Waals surface area contributed by atoms with Crippen molar-refractivity contribution in [3.8, 4) is 0 Å². The highest BCUT2D eigenvalue weighted by atomic mass is 35.5. The summed E-state index contributed by atoms with van der Waals surface area (Å²) in [4.78, 5) is 11.7. The average molecular weight is 353 g/mol. The zero-order valence-corrected chi connectivity index (χ0v) is 15.7. The van der Waals surface area contributed by atoms with E-state index in [9.17, 15) is 4.79 Å². The van der Waals surface area contributed by atoms with Crippen LogP contribution in [0.15, 0.2) is 18.2 Å². The van der Waals surface area contributed by atoms with Gasteiger partial charge in [-0.2, -0.15) is 0 Å². The first-order valence-electron chi connectivity index (χ1n) is 8.91. The van der Waals surface area contributed by atoms with Crippen molar-refractivity contribution in [2.75, 3.05) is 19.7 Å². The number of halogens is 1. The molecule has 0 radical (unpaired) electrons. The molecule has 0 bridgehead atoms. The summed E-state index contributed by atoms with van der Waals surface area (Å²) in [6, 6.07) is 5.43. The third-order valence-corrected chi connectivity index (χ3v) is 5.40. The molecule has 1 fully saturated rings. The lowest BCUT2D eigenvalue weighted by Gasteiger charge is -2.49. The number of nitrogens with two attached hydrogens (primary N) is 1. The van der Waals surface area contributed by atoms with Gasteiger partial charge in [-0.25, -0.2) is 0 Å². The summed E-state index contributed by atoms with van der Waals surface area (Å²) in [5.41, 5.74) is 6.47. The van der Waals surface area contributed by atoms with Gasteiger partial charge in [0.05, 0.1) is 5.60 Å². The van der Waals surface area contributed by atoms with Crippen LogP contribution in [0.2, 0.25) is 5.02 Å². The van der Waals surface area contributed by atoms with E-state index in [1.807, 2.05) is 19.1 Å². The molecule has 1 aromatic carbocycles. The molecule has 4 nitrogen and oxygen atoms in total. The Kier molecular flexibility index (Phi) is 6.67. The Hall–Kier alpha value is -1.10. The number of rotatable bonds is 7. The van der Waals surface area contributed by atoms with Crippen LogP contribution in [0.25, 0.3) is 0 Å². The fourth-order valence-corrected chi connectivity index (χ4v) is 4.37. The molecule has 3 atom stereocenters. The molecule has 1 aliphatic rings. The smallest absolute Gasteiger partial charge is 0.248 e. The first-order chi connectivity index (χ1) is 11.5. The summed E-state index contributed by atoms with van der Waals surface area (Å²) in [6.07, 6.45) is 3.38. The van der Waals surface area contributed by atoms with Crippen molar-refractivity contribution in [3.63, 3.8) is 0 Å². The van der Waals surface area contributed by atoms with Crippen LogP contribution < -0.4 is 11.1 Å². The Morgan fingerprint density at radius 3 is 2.75 bits per heavy atom. The largest absolute Gasteiger partial charge is 0.370 e. The molecule has 1 saturated carbocycles. The summed E-state index contributed by atoms with van der Waals surface area (Å²) in [5.74, 6) is 0.214. The van der Waals surface area contributed by atoms with Gasteiger partial charge in [0.25, 0.3) is 0 Å². The van der Waals surface area contributed by atoms with Crippen LogP contribution in [0.3, 0.4) is 0 Å². The molecule has 3 unspecified atom stereocenters. The van der Waals surface area contributed by atoms with Gasteiger partial charge >= 0.3 is 0 Å². The average Bonchev–Trinajstić information content (AvgIpc) is 2.54. The van der Waals surface area contributed by atoms with E-state index in [0.29, 0.717) is 29.0 Å². The quantitative estimate of drug-likeness (QED) is 0.786. The second-order valence-electron chi connectivity index (χ2n) is 6.66. The highest BCUT2D eigenvalue weighted by molar-refractivity contribution is 6.31. The van der Waals surface area contributed by atoms with Gasteiger partial charge in [0.2, 0.25) is 5.91 Å². The summed E-state index contributed by atoms with van der Waals surface area (Å²) in [6.45, 7) is 8.80. The molecule has 134 valence electrons. The van der Waals surface area contributed by atoms with E-state index in [1.54, 1.807) is 6.07 Å². The lowest BCUT2D eigenvalue weighted by atomic mass is 9.65. The van der Waals surface area contributed by atoms with Crippen molar-refractivity contribution in [1.29, 1.82) is 0 Å². The van der Waals surface area contributed by atoms with E-state index in [1.165, 1.54) is 6.42 Å². The van der Waals surface area contributed by atoms with E-state index in [2.05, 4.69) is 19.2 Å². The minimum absolute atomic E-state index is 0.334. The van der Waals surface area contributed by atoms with Crippen molar-refractivity contribution in [1.82, 2.24) is 5.32 Å². The fraction of sp³-hybridized carbons (Fsp3) is 0.632. The summed E-state index contributed by atoms with van der Waals surface area (Å²) < 4.78 is 6.42. The molecule has 5 heteroatoms. The molecule has 0 saturated heterocycles. The zero-order chi connectivity index (χ0) is 17.7. The minimum atomic E-state index is -0.461. The third-order valence-electron chi connectivity index (χ3n) is 5.19. The number of carbonyl (C=O) groups is 1. The molecular weight excluding hydrogens is 324 g/mol. The molecule has 2 rings (SSSR count). The minimum Gasteiger partial charge on any atom is -0.370 e. The molecular formula is C19H29ClN2O2. The van der Waals surface area contributed by atoms with Crippen LogP contribution in [0.5, 0.6) is 0 Å². The maximum atomic E-state index is 11.7. The topological polar surface area (TPSA) is 64.3 Å². The number of hydrogen-bond donors (Lipinski definition) is 2. The second-order valence-corrected chi connectivity index (χ2v) is 7.09. The van der Waals surface area contributed by atoms with Crippen molar-refractivity contribution < 1.29 is 9.53 Å². The molecule has 1 amide bonds. The van der Waals surface area contributed by atoms with Gasteiger partial charge in [-0.3, -0.25) is 4.79 Å². The Morgan fingerprint density at radius 1 is 1.38 bits per heavy atom. The van der Waals surface area contributed by atoms with E-state index >= 15 is 0 Å². The Bertz CT molecular complexity index is 578. The second kappa shape index (κ2) is 8.32. The molecule has 24 heavy (non-hydrogen) atoms. The Balaban J connectivity index is 2.56. The standard InChI is InChI=1S/C19H29ClN2O2/c1-4-22-12-15-8-6-7-13(3)19(15,24-5-2)16-9-14(18(21)23)10-17(20)11-16/h9-11,13,15,22H,4-8,12H2,1-3H3,(H2,21,23). The highest BCUT2D eigenvalue weighted by Crippen LogP contribution is 2.49. The van der Waals surface area contributed by atoms with Crippen LogP contribution >= 0.6 is 11.6 Å². The van der Waals surface area contributed by atoms with Crippen LogP contribution in [-0.4, -0.2) is 25.6 Å². The van der Waals surface area contributed by atoms with Crippen LogP contribution in [0.1, 0.15) is 56.0 Å². The van der Waals surface area contributed by atoms with Gasteiger partial charge in [-0.15, -0.1) is 0 Å². The fourth-order valence-electron chi connectivity index (χ4n) is 4.13. The van der Waals surface area contributed by atoms with Gasteiger partial charge in [0, 0.05) is 29.7 Å². The number of nitrogens with one attached hydrogen (secondary N) is 1. The summed E-state index contributed by atoms with van der Waals surface area (Å²) in [7, 11) is 0. The monoisotopic (exact) mass is 352 g/mol. The molecule has 3 N–H and O–H groups in total. The maximum Gasteiger partial charge on any atom is 0.248 e. The number of ether oxygens (including phenoxy) is 1. The van der Waals surface area contributed by atoms with Gasteiger partial charge in [0.1, 0.15) is 0 Å². The lowest BCUT2D eigenvalue weighted by Crippen LogP contribution is -2.50. The molecule has 0 aliphatic heterocycles. The van der Waals surface area contributed by atoms with Gasteiger partial charge in [-0.1, -0.05) is 31.9 Å². The summed E-state index contributed by atoms with van der Waals surface area (Å²) in [5, 5.41) is 4.00. The molecule has 0 aromatic heterocycles. The number of benzene rings is 1. The normalized spacial score (nSPS) is 27.2. The van der Waals surface area contributed by atoms with Crippen molar-refractivity contribution in [2.45, 2.75) is 45.6 Å². The molecule has 1 aliphatic carbocycles. The number of hydrogen-bond acceptors (Lipinski definition) is 3. The molecule has 0 heterocycles. The number of carbonyl (C=O) groups excluding carboxylic acids is 1. The molecule has 0 spiro atoms. The maximum absolute atomic E-state index is 11.7. The zero-order valence-electron chi connectivity index (χ0n) is 14.9. The predicted octanol–water partition coefficient (Wildman–Crippen LogP) is 3.72. The van der Waals surface area contributed by atoms with Gasteiger partial charge in [0.15, 0.2) is 0 Å². The van der Waals surface area contributed by atoms with Crippen LogP contribution in [-0.2, 0) is 10.3 Å².